The molecule has 2 heterocycles. The van der Waals surface area contributed by atoms with Gasteiger partial charge in [0.05, 0.1) is 42.6 Å². The van der Waals surface area contributed by atoms with E-state index >= 15 is 0 Å². The van der Waals surface area contributed by atoms with Gasteiger partial charge in [0.15, 0.2) is 8.32 Å². The maximum atomic E-state index is 13.1. The number of likely N-dealkylation sites (tertiary alicyclic amines) is 1. The minimum atomic E-state index is -2.04. The van der Waals surface area contributed by atoms with Gasteiger partial charge >= 0.3 is 13.1 Å². The van der Waals surface area contributed by atoms with E-state index in [4.69, 9.17) is 18.5 Å². The topological polar surface area (TPSA) is 69.3 Å². The molecule has 2 saturated heterocycles. The van der Waals surface area contributed by atoms with Crippen LogP contribution in [0, 0.1) is 0 Å². The SMILES string of the molecule is CC(C)(C)OC1CN(C(=O)Nc2cccc(B3OC(C)(C)C(C)(C)O3)c2CO[Si](C)(C)C(C)(C)C)C1. The number of nitrogens with zero attached hydrogens (tertiary/aromatic N) is 1. The number of amides is 2. The first-order valence-corrected chi connectivity index (χ1v) is 16.0. The zero-order chi connectivity index (χ0) is 27.3. The van der Waals surface area contributed by atoms with Crippen molar-refractivity contribution in [1.29, 1.82) is 0 Å². The Labute approximate surface area is 219 Å². The lowest BCUT2D eigenvalue weighted by Crippen LogP contribution is -2.57. The van der Waals surface area contributed by atoms with E-state index in [9.17, 15) is 4.79 Å². The Bertz CT molecular complexity index is 946. The smallest absolute Gasteiger partial charge is 0.412 e. The van der Waals surface area contributed by atoms with Crippen LogP contribution in [0.2, 0.25) is 18.1 Å². The van der Waals surface area contributed by atoms with Gasteiger partial charge in [-0.2, -0.15) is 0 Å². The van der Waals surface area contributed by atoms with Crippen LogP contribution in [-0.4, -0.2) is 62.4 Å². The van der Waals surface area contributed by atoms with Gasteiger partial charge in [0.2, 0.25) is 0 Å². The number of hydrogen-bond acceptors (Lipinski definition) is 5. The fourth-order valence-electron chi connectivity index (χ4n) is 3.92. The molecule has 2 aliphatic rings. The molecule has 3 rings (SSSR count). The minimum absolute atomic E-state index is 0.0632. The molecule has 0 spiro atoms. The average Bonchev–Trinajstić information content (AvgIpc) is 2.88. The van der Waals surface area contributed by atoms with E-state index in [0.717, 1.165) is 16.7 Å². The first-order valence-electron chi connectivity index (χ1n) is 13.1. The Morgan fingerprint density at radius 2 is 1.64 bits per heavy atom. The molecule has 0 radical (unpaired) electrons. The van der Waals surface area contributed by atoms with Crippen LogP contribution in [0.25, 0.3) is 0 Å². The number of benzene rings is 1. The van der Waals surface area contributed by atoms with Gasteiger partial charge in [-0.25, -0.2) is 4.79 Å². The standard InChI is InChI=1S/C27H47BN2O5Si/c1-24(2,3)33-19-16-30(17-19)23(31)29-22-15-13-14-21(28-34-26(7,8)27(9,10)35-28)20(22)18-32-36(11,12)25(4,5)6/h13-15,19H,16-18H2,1-12H3,(H,29,31). The largest absolute Gasteiger partial charge is 0.495 e. The molecule has 9 heteroatoms. The predicted octanol–water partition coefficient (Wildman–Crippen LogP) is 5.54. The number of urea groups is 1. The van der Waals surface area contributed by atoms with Crippen LogP contribution in [0.5, 0.6) is 0 Å². The summed E-state index contributed by atoms with van der Waals surface area (Å²) in [6.45, 7) is 27.0. The fourth-order valence-corrected chi connectivity index (χ4v) is 4.85. The van der Waals surface area contributed by atoms with Crippen molar-refractivity contribution in [2.75, 3.05) is 18.4 Å². The second-order valence-electron chi connectivity index (χ2n) is 13.7. The summed E-state index contributed by atoms with van der Waals surface area (Å²) in [6.07, 6.45) is 0.0632. The van der Waals surface area contributed by atoms with Crippen LogP contribution < -0.4 is 10.8 Å². The highest BCUT2D eigenvalue weighted by atomic mass is 28.4. The maximum absolute atomic E-state index is 13.1. The van der Waals surface area contributed by atoms with Crippen molar-refractivity contribution < 1.29 is 23.3 Å². The molecule has 2 amide bonds. The highest BCUT2D eigenvalue weighted by Crippen LogP contribution is 2.39. The summed E-state index contributed by atoms with van der Waals surface area (Å²) in [6, 6.07) is 5.75. The molecule has 0 saturated carbocycles. The van der Waals surface area contributed by atoms with Crippen LogP contribution in [0.4, 0.5) is 10.5 Å². The molecule has 2 fully saturated rings. The van der Waals surface area contributed by atoms with E-state index in [0.29, 0.717) is 19.7 Å². The van der Waals surface area contributed by atoms with Gasteiger partial charge in [-0.05, 0) is 83.7 Å². The molecule has 2 aliphatic heterocycles. The lowest BCUT2D eigenvalue weighted by atomic mass is 9.75. The maximum Gasteiger partial charge on any atom is 0.495 e. The monoisotopic (exact) mass is 518 g/mol. The molecular weight excluding hydrogens is 471 g/mol. The molecule has 0 bridgehead atoms. The summed E-state index contributed by atoms with van der Waals surface area (Å²) in [5.74, 6) is 0. The number of ether oxygens (including phenoxy) is 1. The van der Waals surface area contributed by atoms with Gasteiger partial charge in [-0.3, -0.25) is 0 Å². The Kier molecular flexibility index (Phi) is 7.88. The zero-order valence-electron chi connectivity index (χ0n) is 24.5. The molecule has 202 valence electrons. The van der Waals surface area contributed by atoms with E-state index in [2.05, 4.69) is 39.2 Å². The number of carbonyl (C=O) groups is 1. The van der Waals surface area contributed by atoms with Gasteiger partial charge in [0.25, 0.3) is 0 Å². The number of rotatable bonds is 6. The summed E-state index contributed by atoms with van der Waals surface area (Å²) >= 11 is 0. The normalized spacial score (nSPS) is 20.4. The fraction of sp³-hybridized carbons (Fsp3) is 0.741. The summed E-state index contributed by atoms with van der Waals surface area (Å²) < 4.78 is 25.4. The number of carbonyl (C=O) groups excluding carboxylic acids is 1. The molecule has 1 aromatic rings. The number of hydrogen-bond donors (Lipinski definition) is 1. The van der Waals surface area contributed by atoms with Gasteiger partial charge in [-0.15, -0.1) is 0 Å². The van der Waals surface area contributed by atoms with Gasteiger partial charge in [0, 0.05) is 5.69 Å². The van der Waals surface area contributed by atoms with Crippen molar-refractivity contribution in [1.82, 2.24) is 4.90 Å². The zero-order valence-corrected chi connectivity index (χ0v) is 25.5. The van der Waals surface area contributed by atoms with Crippen LogP contribution in [0.1, 0.15) is 74.8 Å². The summed E-state index contributed by atoms with van der Waals surface area (Å²) in [4.78, 5) is 14.9. The predicted molar refractivity (Wildman–Crippen MR) is 149 cm³/mol. The lowest BCUT2D eigenvalue weighted by Gasteiger charge is -2.42. The van der Waals surface area contributed by atoms with Crippen molar-refractivity contribution in [2.24, 2.45) is 0 Å². The van der Waals surface area contributed by atoms with Gasteiger partial charge in [-0.1, -0.05) is 32.9 Å². The highest BCUT2D eigenvalue weighted by molar-refractivity contribution is 6.74. The van der Waals surface area contributed by atoms with Crippen molar-refractivity contribution in [2.45, 2.75) is 117 Å². The molecule has 7 nitrogen and oxygen atoms in total. The van der Waals surface area contributed by atoms with E-state index in [-0.39, 0.29) is 22.8 Å². The third-order valence-corrected chi connectivity index (χ3v) is 12.5. The van der Waals surface area contributed by atoms with Gasteiger partial charge < -0.3 is 28.7 Å². The van der Waals surface area contributed by atoms with E-state index < -0.39 is 26.6 Å². The van der Waals surface area contributed by atoms with Crippen LogP contribution in [0.15, 0.2) is 18.2 Å². The molecule has 0 aromatic heterocycles. The van der Waals surface area contributed by atoms with Crippen molar-refractivity contribution in [3.8, 4) is 0 Å². The highest BCUT2D eigenvalue weighted by Gasteiger charge is 2.52. The van der Waals surface area contributed by atoms with Crippen molar-refractivity contribution >= 4 is 32.6 Å². The van der Waals surface area contributed by atoms with E-state index in [1.807, 2.05) is 66.7 Å². The molecule has 1 N–H and O–H groups in total. The van der Waals surface area contributed by atoms with Gasteiger partial charge in [0.1, 0.15) is 0 Å². The second-order valence-corrected chi connectivity index (χ2v) is 18.5. The molecule has 0 aliphatic carbocycles. The number of nitrogens with one attached hydrogen (secondary N) is 1. The third kappa shape index (κ3) is 6.35. The first-order chi connectivity index (χ1) is 16.2. The minimum Gasteiger partial charge on any atom is -0.412 e. The van der Waals surface area contributed by atoms with Crippen molar-refractivity contribution in [3.63, 3.8) is 0 Å². The Hall–Kier alpha value is -1.39. The Balaban J connectivity index is 1.85. The average molecular weight is 519 g/mol. The Morgan fingerprint density at radius 1 is 1.08 bits per heavy atom. The molecule has 0 atom stereocenters. The molecule has 0 unspecified atom stereocenters. The van der Waals surface area contributed by atoms with E-state index in [1.165, 1.54) is 0 Å². The van der Waals surface area contributed by atoms with Crippen LogP contribution in [0.3, 0.4) is 0 Å². The third-order valence-electron chi connectivity index (χ3n) is 8.00. The summed E-state index contributed by atoms with van der Waals surface area (Å²) in [7, 11) is -2.58. The Morgan fingerprint density at radius 3 is 2.14 bits per heavy atom. The molecular formula is C27H47BN2O5Si. The van der Waals surface area contributed by atoms with Crippen molar-refractivity contribution in [3.05, 3.63) is 23.8 Å². The summed E-state index contributed by atoms with van der Waals surface area (Å²) in [5.41, 5.74) is 1.37. The quantitative estimate of drug-likeness (QED) is 0.501. The van der Waals surface area contributed by atoms with Crippen LogP contribution in [-0.2, 0) is 25.1 Å². The summed E-state index contributed by atoms with van der Waals surface area (Å²) in [5, 5.41) is 3.20. The second kappa shape index (κ2) is 9.73. The molecule has 1 aromatic carbocycles. The molecule has 36 heavy (non-hydrogen) atoms. The number of anilines is 1. The van der Waals surface area contributed by atoms with E-state index in [1.54, 1.807) is 4.90 Å². The first kappa shape index (κ1) is 29.2. The van der Waals surface area contributed by atoms with Crippen LogP contribution >= 0.6 is 0 Å². The lowest BCUT2D eigenvalue weighted by molar-refractivity contribution is -0.110.